The molecule has 1 heterocycles. The van der Waals surface area contributed by atoms with E-state index in [2.05, 4.69) is 45.0 Å². The van der Waals surface area contributed by atoms with Crippen LogP contribution in [0.3, 0.4) is 0 Å². The van der Waals surface area contributed by atoms with Crippen LogP contribution in [0.2, 0.25) is 0 Å². The summed E-state index contributed by atoms with van der Waals surface area (Å²) in [7, 11) is 2.16. The van der Waals surface area contributed by atoms with E-state index >= 15 is 0 Å². The minimum absolute atomic E-state index is 0.713. The van der Waals surface area contributed by atoms with Crippen LogP contribution < -0.4 is 5.32 Å². The molecule has 2 nitrogen and oxygen atoms in total. The number of nitrogens with zero attached hydrogens (tertiary/aromatic N) is 1. The van der Waals surface area contributed by atoms with Gasteiger partial charge in [-0.2, -0.15) is 0 Å². The van der Waals surface area contributed by atoms with Gasteiger partial charge in [-0.05, 0) is 64.3 Å². The van der Waals surface area contributed by atoms with Crippen molar-refractivity contribution < 1.29 is 0 Å². The standard InChI is InChI=1S/C17H34N2/c1-6-15-9-7-13(4)19(15)17-11-14(12(2)3)8-10-16(17)18-5/h12-18H,6-11H2,1-5H3. The Kier molecular flexibility index (Phi) is 5.30. The van der Waals surface area contributed by atoms with Crippen LogP contribution in [-0.4, -0.2) is 36.1 Å². The molecule has 5 atom stereocenters. The van der Waals surface area contributed by atoms with Crippen LogP contribution in [-0.2, 0) is 0 Å². The van der Waals surface area contributed by atoms with Crippen molar-refractivity contribution in [3.05, 3.63) is 0 Å². The molecule has 1 aliphatic heterocycles. The third-order valence-corrected chi connectivity index (χ3v) is 5.87. The van der Waals surface area contributed by atoms with Crippen LogP contribution in [0.15, 0.2) is 0 Å². The molecule has 112 valence electrons. The summed E-state index contributed by atoms with van der Waals surface area (Å²) in [5.74, 6) is 1.78. The van der Waals surface area contributed by atoms with E-state index < -0.39 is 0 Å². The highest BCUT2D eigenvalue weighted by molar-refractivity contribution is 4.98. The number of rotatable bonds is 4. The fourth-order valence-corrected chi connectivity index (χ4v) is 4.55. The van der Waals surface area contributed by atoms with Crippen molar-refractivity contribution in [1.82, 2.24) is 10.2 Å². The highest BCUT2D eigenvalue weighted by atomic mass is 15.3. The molecule has 1 aliphatic carbocycles. The number of hydrogen-bond donors (Lipinski definition) is 1. The largest absolute Gasteiger partial charge is 0.315 e. The Morgan fingerprint density at radius 1 is 1.16 bits per heavy atom. The van der Waals surface area contributed by atoms with Crippen molar-refractivity contribution in [2.45, 2.75) is 90.4 Å². The summed E-state index contributed by atoms with van der Waals surface area (Å²) in [4.78, 5) is 2.88. The maximum Gasteiger partial charge on any atom is 0.0257 e. The Hall–Kier alpha value is -0.0800. The van der Waals surface area contributed by atoms with E-state index in [1.165, 1.54) is 38.5 Å². The van der Waals surface area contributed by atoms with Gasteiger partial charge in [0.25, 0.3) is 0 Å². The number of likely N-dealkylation sites (tertiary alicyclic amines) is 1. The minimum atomic E-state index is 0.713. The van der Waals surface area contributed by atoms with Crippen LogP contribution in [0.4, 0.5) is 0 Å². The van der Waals surface area contributed by atoms with Crippen molar-refractivity contribution in [3.63, 3.8) is 0 Å². The zero-order valence-corrected chi connectivity index (χ0v) is 13.7. The molecule has 19 heavy (non-hydrogen) atoms. The molecule has 0 aromatic rings. The zero-order chi connectivity index (χ0) is 14.0. The van der Waals surface area contributed by atoms with E-state index in [1.807, 2.05) is 0 Å². The summed E-state index contributed by atoms with van der Waals surface area (Å²) in [5, 5.41) is 3.61. The van der Waals surface area contributed by atoms with E-state index in [0.29, 0.717) is 6.04 Å². The monoisotopic (exact) mass is 266 g/mol. The van der Waals surface area contributed by atoms with Gasteiger partial charge >= 0.3 is 0 Å². The van der Waals surface area contributed by atoms with Gasteiger partial charge in [0.15, 0.2) is 0 Å². The SMILES string of the molecule is CCC1CCC(C)N1C1CC(C(C)C)CCC1NC. The van der Waals surface area contributed by atoms with E-state index in [9.17, 15) is 0 Å². The molecule has 0 radical (unpaired) electrons. The highest BCUT2D eigenvalue weighted by Crippen LogP contribution is 2.38. The van der Waals surface area contributed by atoms with Gasteiger partial charge in [0.05, 0.1) is 0 Å². The van der Waals surface area contributed by atoms with Crippen LogP contribution >= 0.6 is 0 Å². The first-order valence-corrected chi connectivity index (χ1v) is 8.53. The van der Waals surface area contributed by atoms with Gasteiger partial charge in [-0.3, -0.25) is 4.90 Å². The van der Waals surface area contributed by atoms with E-state index in [0.717, 1.165) is 30.0 Å². The molecule has 2 heteroatoms. The normalized spacial score (nSPS) is 41.1. The van der Waals surface area contributed by atoms with Crippen molar-refractivity contribution in [2.24, 2.45) is 11.8 Å². The summed E-state index contributed by atoms with van der Waals surface area (Å²) in [6, 6.07) is 3.11. The third kappa shape index (κ3) is 3.16. The van der Waals surface area contributed by atoms with E-state index in [-0.39, 0.29) is 0 Å². The summed E-state index contributed by atoms with van der Waals surface area (Å²) >= 11 is 0. The molecule has 2 rings (SSSR count). The minimum Gasteiger partial charge on any atom is -0.315 e. The van der Waals surface area contributed by atoms with E-state index in [4.69, 9.17) is 0 Å². The molecular formula is C17H34N2. The first-order valence-electron chi connectivity index (χ1n) is 8.53. The second-order valence-corrected chi connectivity index (χ2v) is 7.22. The van der Waals surface area contributed by atoms with Crippen molar-refractivity contribution in [1.29, 1.82) is 0 Å². The number of likely N-dealkylation sites (N-methyl/N-ethyl adjacent to an activating group) is 1. The Morgan fingerprint density at radius 3 is 2.47 bits per heavy atom. The van der Waals surface area contributed by atoms with Crippen LogP contribution in [0.5, 0.6) is 0 Å². The first kappa shape index (κ1) is 15.3. The predicted octanol–water partition coefficient (Wildman–Crippen LogP) is 3.66. The van der Waals surface area contributed by atoms with Gasteiger partial charge in [0, 0.05) is 24.2 Å². The van der Waals surface area contributed by atoms with Crippen LogP contribution in [0, 0.1) is 11.8 Å². The van der Waals surface area contributed by atoms with Gasteiger partial charge in [0.1, 0.15) is 0 Å². The molecule has 0 bridgehead atoms. The fourth-order valence-electron chi connectivity index (χ4n) is 4.55. The second kappa shape index (κ2) is 6.58. The van der Waals surface area contributed by atoms with Gasteiger partial charge in [-0.25, -0.2) is 0 Å². The Labute approximate surface area is 120 Å². The Bertz CT molecular complexity index is 276. The van der Waals surface area contributed by atoms with Crippen molar-refractivity contribution in [2.75, 3.05) is 7.05 Å². The summed E-state index contributed by atoms with van der Waals surface area (Å²) in [6.07, 6.45) is 8.32. The molecule has 1 saturated heterocycles. The Morgan fingerprint density at radius 2 is 1.89 bits per heavy atom. The smallest absolute Gasteiger partial charge is 0.0257 e. The van der Waals surface area contributed by atoms with Crippen molar-refractivity contribution >= 4 is 0 Å². The number of hydrogen-bond acceptors (Lipinski definition) is 2. The molecule has 5 unspecified atom stereocenters. The predicted molar refractivity (Wildman–Crippen MR) is 83.4 cm³/mol. The lowest BCUT2D eigenvalue weighted by molar-refractivity contribution is 0.0510. The highest BCUT2D eigenvalue weighted by Gasteiger charge is 2.41. The molecule has 2 fully saturated rings. The molecular weight excluding hydrogens is 232 g/mol. The molecule has 0 spiro atoms. The quantitative estimate of drug-likeness (QED) is 0.835. The summed E-state index contributed by atoms with van der Waals surface area (Å²) in [5.41, 5.74) is 0. The first-order chi connectivity index (χ1) is 9.08. The summed E-state index contributed by atoms with van der Waals surface area (Å²) < 4.78 is 0. The maximum atomic E-state index is 3.61. The second-order valence-electron chi connectivity index (χ2n) is 7.22. The molecule has 0 amide bonds. The topological polar surface area (TPSA) is 15.3 Å². The summed E-state index contributed by atoms with van der Waals surface area (Å²) in [6.45, 7) is 9.63. The molecule has 0 aromatic heterocycles. The van der Waals surface area contributed by atoms with Crippen molar-refractivity contribution in [3.8, 4) is 0 Å². The fraction of sp³-hybridized carbons (Fsp3) is 1.00. The third-order valence-electron chi connectivity index (χ3n) is 5.87. The lowest BCUT2D eigenvalue weighted by Crippen LogP contribution is -2.56. The zero-order valence-electron chi connectivity index (χ0n) is 13.7. The van der Waals surface area contributed by atoms with Gasteiger partial charge in [-0.1, -0.05) is 20.8 Å². The lowest BCUT2D eigenvalue weighted by Gasteiger charge is -2.46. The molecule has 1 saturated carbocycles. The van der Waals surface area contributed by atoms with Gasteiger partial charge in [-0.15, -0.1) is 0 Å². The molecule has 2 aliphatic rings. The molecule has 1 N–H and O–H groups in total. The maximum absolute atomic E-state index is 3.61. The molecule has 0 aromatic carbocycles. The van der Waals surface area contributed by atoms with Crippen LogP contribution in [0.25, 0.3) is 0 Å². The van der Waals surface area contributed by atoms with Gasteiger partial charge in [0.2, 0.25) is 0 Å². The number of nitrogens with one attached hydrogen (secondary N) is 1. The average Bonchev–Trinajstić information content (AvgIpc) is 2.78. The van der Waals surface area contributed by atoms with E-state index in [1.54, 1.807) is 0 Å². The van der Waals surface area contributed by atoms with Gasteiger partial charge < -0.3 is 5.32 Å². The lowest BCUT2D eigenvalue weighted by atomic mass is 9.76. The van der Waals surface area contributed by atoms with Crippen LogP contribution in [0.1, 0.15) is 66.2 Å². The Balaban J connectivity index is 2.12. The average molecular weight is 266 g/mol.